The number of aliphatic carboxylic acids is 1. The van der Waals surface area contributed by atoms with Crippen LogP contribution >= 0.6 is 11.6 Å². The van der Waals surface area contributed by atoms with E-state index in [9.17, 15) is 9.59 Å². The number of amides is 1. The predicted molar refractivity (Wildman–Crippen MR) is 174 cm³/mol. The summed E-state index contributed by atoms with van der Waals surface area (Å²) < 4.78 is 22.9. The van der Waals surface area contributed by atoms with Crippen molar-refractivity contribution in [1.82, 2.24) is 24.8 Å². The van der Waals surface area contributed by atoms with Crippen LogP contribution in [0.1, 0.15) is 25.7 Å². The van der Waals surface area contributed by atoms with Crippen molar-refractivity contribution in [1.29, 1.82) is 0 Å². The Morgan fingerprint density at radius 3 is 2.61 bits per heavy atom. The lowest BCUT2D eigenvalue weighted by Crippen LogP contribution is -2.53. The molecule has 46 heavy (non-hydrogen) atoms. The number of anilines is 1. The van der Waals surface area contributed by atoms with Crippen molar-refractivity contribution in [2.45, 2.75) is 31.2 Å². The molecule has 238 valence electrons. The number of hydrogen-bond donors (Lipinski definition) is 1. The molecule has 0 bridgehead atoms. The summed E-state index contributed by atoms with van der Waals surface area (Å²) in [6, 6.07) is 11.3. The molecule has 0 atom stereocenters. The Hall–Kier alpha value is -4.35. The first kappa shape index (κ1) is 30.3. The number of carboxylic acid groups (broad SMARTS) is 1. The number of pyridine rings is 1. The lowest BCUT2D eigenvalue weighted by Gasteiger charge is -2.40. The second-order valence-electron chi connectivity index (χ2n) is 12.5. The van der Waals surface area contributed by atoms with Gasteiger partial charge in [-0.2, -0.15) is 9.97 Å². The van der Waals surface area contributed by atoms with E-state index >= 15 is 4.39 Å². The minimum absolute atomic E-state index is 0.0386. The number of rotatable bonds is 9. The molecule has 3 saturated heterocycles. The zero-order chi connectivity index (χ0) is 32.0. The van der Waals surface area contributed by atoms with Gasteiger partial charge < -0.3 is 19.6 Å². The van der Waals surface area contributed by atoms with Crippen LogP contribution in [0.4, 0.5) is 10.2 Å². The summed E-state index contributed by atoms with van der Waals surface area (Å²) in [5, 5.41) is 11.4. The number of ether oxygens (including phenoxy) is 1. The maximum Gasteiger partial charge on any atom is 0.328 e. The maximum atomic E-state index is 16.6. The van der Waals surface area contributed by atoms with Gasteiger partial charge in [0, 0.05) is 66.9 Å². The summed E-state index contributed by atoms with van der Waals surface area (Å²) in [4.78, 5) is 43.0. The van der Waals surface area contributed by atoms with Crippen LogP contribution in [0.15, 0.2) is 54.7 Å². The Morgan fingerprint density at radius 2 is 1.87 bits per heavy atom. The van der Waals surface area contributed by atoms with E-state index in [0.29, 0.717) is 53.4 Å². The zero-order valence-electron chi connectivity index (χ0n) is 25.5. The van der Waals surface area contributed by atoms with Crippen LogP contribution in [0.2, 0.25) is 5.02 Å². The molecule has 4 aromatic rings. The van der Waals surface area contributed by atoms with Crippen molar-refractivity contribution in [3.63, 3.8) is 0 Å². The predicted octanol–water partition coefficient (Wildman–Crippen LogP) is 5.18. The smallest absolute Gasteiger partial charge is 0.328 e. The molecule has 0 radical (unpaired) electrons. The Labute approximate surface area is 270 Å². The van der Waals surface area contributed by atoms with Crippen LogP contribution in [0.3, 0.4) is 0 Å². The van der Waals surface area contributed by atoms with Crippen LogP contribution in [-0.4, -0.2) is 93.7 Å². The highest BCUT2D eigenvalue weighted by atomic mass is 35.5. The van der Waals surface area contributed by atoms with E-state index in [4.69, 9.17) is 26.4 Å². The molecule has 3 fully saturated rings. The third-order valence-electron chi connectivity index (χ3n) is 9.56. The summed E-state index contributed by atoms with van der Waals surface area (Å²) in [6.45, 7) is 4.01. The van der Waals surface area contributed by atoms with E-state index in [1.165, 1.54) is 0 Å². The molecular formula is C34H34ClFN6O4. The largest absolute Gasteiger partial charge is 0.478 e. The normalized spacial score (nSPS) is 17.9. The van der Waals surface area contributed by atoms with Crippen molar-refractivity contribution < 1.29 is 23.8 Å². The van der Waals surface area contributed by atoms with Gasteiger partial charge in [0.05, 0.1) is 10.9 Å². The van der Waals surface area contributed by atoms with Crippen molar-refractivity contribution >= 4 is 51.0 Å². The molecule has 2 aromatic carbocycles. The Bertz CT molecular complexity index is 1860. The molecule has 0 unspecified atom stereocenters. The first-order chi connectivity index (χ1) is 22.2. The van der Waals surface area contributed by atoms with E-state index in [2.05, 4.69) is 14.9 Å². The van der Waals surface area contributed by atoms with Crippen molar-refractivity contribution in [2.75, 3.05) is 51.3 Å². The number of carbonyl (C=O) groups is 2. The Kier molecular flexibility index (Phi) is 7.98. The standard InChI is InChI=1S/C34H34ClFN6O4/c1-40(17-21-18-41(19-21)26(43)10-11-27(44)45)32-24-16-37-30(23-8-2-6-22-7-3-9-25(35)28(22)23)29(36)31(24)38-33(39-32)46-20-34-12-4-14-42(34)15-5-13-34/h2-3,6-11,16,21H,4-5,12-15,17-20H2,1H3,(H,44,45)/b11-10+. The zero-order valence-corrected chi connectivity index (χ0v) is 26.2. The topological polar surface area (TPSA) is 112 Å². The molecule has 0 spiro atoms. The van der Waals surface area contributed by atoms with E-state index in [-0.39, 0.29) is 34.6 Å². The van der Waals surface area contributed by atoms with E-state index < -0.39 is 11.8 Å². The number of carbonyl (C=O) groups excluding carboxylic acids is 1. The van der Waals surface area contributed by atoms with Gasteiger partial charge in [0.2, 0.25) is 5.91 Å². The lowest BCUT2D eigenvalue weighted by atomic mass is 9.95. The third-order valence-corrected chi connectivity index (χ3v) is 9.88. The van der Waals surface area contributed by atoms with Crippen LogP contribution in [0.25, 0.3) is 32.9 Å². The van der Waals surface area contributed by atoms with Crippen LogP contribution < -0.4 is 9.64 Å². The Morgan fingerprint density at radius 1 is 1.13 bits per heavy atom. The molecule has 7 rings (SSSR count). The second-order valence-corrected chi connectivity index (χ2v) is 12.9. The summed E-state index contributed by atoms with van der Waals surface area (Å²) in [5.74, 6) is -1.50. The molecule has 12 heteroatoms. The lowest BCUT2D eigenvalue weighted by molar-refractivity contribution is -0.134. The summed E-state index contributed by atoms with van der Waals surface area (Å²) in [5.41, 5.74) is 0.782. The molecule has 2 aromatic heterocycles. The molecule has 1 N–H and O–H groups in total. The first-order valence-electron chi connectivity index (χ1n) is 15.6. The number of likely N-dealkylation sites (tertiary alicyclic amines) is 1. The van der Waals surface area contributed by atoms with Gasteiger partial charge in [0.25, 0.3) is 0 Å². The fourth-order valence-electron chi connectivity index (χ4n) is 7.30. The average Bonchev–Trinajstić information content (AvgIpc) is 3.61. The number of halogens is 2. The van der Waals surface area contributed by atoms with Crippen molar-refractivity contribution in [2.24, 2.45) is 5.92 Å². The highest BCUT2D eigenvalue weighted by molar-refractivity contribution is 6.36. The second kappa shape index (κ2) is 12.1. The van der Waals surface area contributed by atoms with Gasteiger partial charge in [-0.1, -0.05) is 41.9 Å². The average molecular weight is 645 g/mol. The summed E-state index contributed by atoms with van der Waals surface area (Å²) in [7, 11) is 1.87. The summed E-state index contributed by atoms with van der Waals surface area (Å²) >= 11 is 6.59. The van der Waals surface area contributed by atoms with Gasteiger partial charge in [-0.3, -0.25) is 14.7 Å². The van der Waals surface area contributed by atoms with Gasteiger partial charge in [0.1, 0.15) is 23.6 Å². The number of carboxylic acids is 1. The Balaban J connectivity index is 1.23. The maximum absolute atomic E-state index is 16.6. The van der Waals surface area contributed by atoms with Crippen LogP contribution in [0.5, 0.6) is 6.01 Å². The number of benzene rings is 2. The van der Waals surface area contributed by atoms with Gasteiger partial charge in [-0.05, 0) is 50.2 Å². The van der Waals surface area contributed by atoms with Crippen molar-refractivity contribution in [3.05, 3.63) is 65.6 Å². The van der Waals surface area contributed by atoms with E-state index in [1.807, 2.05) is 36.2 Å². The monoisotopic (exact) mass is 644 g/mol. The van der Waals surface area contributed by atoms with E-state index in [0.717, 1.165) is 56.3 Å². The molecule has 0 aliphatic carbocycles. The van der Waals surface area contributed by atoms with Crippen LogP contribution in [-0.2, 0) is 9.59 Å². The minimum atomic E-state index is -1.17. The number of fused-ring (bicyclic) bond motifs is 3. The quantitative estimate of drug-likeness (QED) is 0.246. The van der Waals surface area contributed by atoms with E-state index in [1.54, 1.807) is 23.2 Å². The molecule has 10 nitrogen and oxygen atoms in total. The fraction of sp³-hybridized carbons (Fsp3) is 0.382. The van der Waals surface area contributed by atoms with Crippen LogP contribution in [0, 0.1) is 11.7 Å². The molecular weight excluding hydrogens is 611 g/mol. The number of nitrogens with zero attached hydrogens (tertiary/aromatic N) is 6. The summed E-state index contributed by atoms with van der Waals surface area (Å²) in [6.07, 6.45) is 7.86. The molecule has 3 aliphatic rings. The molecule has 1 amide bonds. The first-order valence-corrected chi connectivity index (χ1v) is 15.9. The number of aromatic nitrogens is 3. The molecule has 5 heterocycles. The minimum Gasteiger partial charge on any atom is -0.478 e. The highest BCUT2D eigenvalue weighted by Gasteiger charge is 2.45. The number of hydrogen-bond acceptors (Lipinski definition) is 8. The third kappa shape index (κ3) is 5.51. The van der Waals surface area contributed by atoms with Gasteiger partial charge in [-0.15, -0.1) is 0 Å². The van der Waals surface area contributed by atoms with Crippen molar-refractivity contribution in [3.8, 4) is 17.3 Å². The molecule has 0 saturated carbocycles. The van der Waals surface area contributed by atoms with Gasteiger partial charge >= 0.3 is 12.0 Å². The highest BCUT2D eigenvalue weighted by Crippen LogP contribution is 2.40. The SMILES string of the molecule is CN(CC1CN(C(=O)/C=C/C(=O)O)C1)c1nc(OCC23CCCN2CCC3)nc2c(F)c(-c3cccc4cccc(Cl)c34)ncc12. The van der Waals surface area contributed by atoms with Gasteiger partial charge in [0.15, 0.2) is 5.82 Å². The fourth-order valence-corrected chi connectivity index (χ4v) is 7.59. The van der Waals surface area contributed by atoms with Gasteiger partial charge in [-0.25, -0.2) is 9.18 Å². The molecule has 3 aliphatic heterocycles.